The first-order valence-corrected chi connectivity index (χ1v) is 10.4. The number of ether oxygens (including phenoxy) is 2. The average Bonchev–Trinajstić information content (AvgIpc) is 2.74. The van der Waals surface area contributed by atoms with Crippen LogP contribution in [-0.4, -0.2) is 72.1 Å². The van der Waals surface area contributed by atoms with E-state index in [0.717, 1.165) is 0 Å². The van der Waals surface area contributed by atoms with Crippen LogP contribution in [0.15, 0.2) is 40.9 Å². The number of benzene rings is 1. The molecule has 2 saturated heterocycles. The first-order chi connectivity index (χ1) is 14.4. The quantitative estimate of drug-likeness (QED) is 0.279. The molecule has 1 aromatic rings. The minimum Gasteiger partial charge on any atom is -0.483 e. The number of thiocarbonyl (C=S) groups is 1. The maximum absolute atomic E-state index is 12.6. The van der Waals surface area contributed by atoms with Gasteiger partial charge in [-0.3, -0.25) is 24.6 Å². The Bertz CT molecular complexity index is 927. The number of halogens is 1. The lowest BCUT2D eigenvalue weighted by atomic mass is 10.1. The zero-order valence-corrected chi connectivity index (χ0v) is 18.5. The maximum Gasteiger partial charge on any atom is 0.265 e. The van der Waals surface area contributed by atoms with E-state index in [9.17, 15) is 14.4 Å². The van der Waals surface area contributed by atoms with Crippen LogP contribution < -0.4 is 10.1 Å². The number of carbonyl (C=O) groups is 3. The molecule has 158 valence electrons. The van der Waals surface area contributed by atoms with Crippen molar-refractivity contribution in [1.29, 1.82) is 0 Å². The van der Waals surface area contributed by atoms with Crippen LogP contribution in [0.2, 0.25) is 0 Å². The normalized spacial score (nSPS) is 18.4. The lowest BCUT2D eigenvalue weighted by molar-refractivity contribution is -0.137. The number of hydrogen-bond donors (Lipinski definition) is 1. The molecule has 0 bridgehead atoms. The van der Waals surface area contributed by atoms with Crippen molar-refractivity contribution in [2.24, 2.45) is 0 Å². The van der Waals surface area contributed by atoms with Gasteiger partial charge in [0.05, 0.1) is 17.7 Å². The Kier molecular flexibility index (Phi) is 7.35. The SMILES string of the molecule is C=CCN1C(=O)C(=Cc2ccc(OCC(=O)N3CCOCC3)c(Br)c2)C(=O)NC1=S. The second-order valence-electron chi connectivity index (χ2n) is 6.49. The van der Waals surface area contributed by atoms with Gasteiger partial charge in [0, 0.05) is 19.6 Å². The van der Waals surface area contributed by atoms with Crippen LogP contribution in [0.1, 0.15) is 5.56 Å². The van der Waals surface area contributed by atoms with E-state index in [1.807, 2.05) is 0 Å². The van der Waals surface area contributed by atoms with E-state index in [1.54, 1.807) is 23.1 Å². The van der Waals surface area contributed by atoms with Gasteiger partial charge in [-0.1, -0.05) is 12.1 Å². The van der Waals surface area contributed by atoms with Crippen molar-refractivity contribution in [3.05, 3.63) is 46.5 Å². The van der Waals surface area contributed by atoms with Crippen LogP contribution in [0, 0.1) is 0 Å². The third kappa shape index (κ3) is 5.13. The third-order valence-electron chi connectivity index (χ3n) is 4.48. The highest BCUT2D eigenvalue weighted by molar-refractivity contribution is 9.10. The molecule has 0 radical (unpaired) electrons. The number of nitrogens with zero attached hydrogens (tertiary/aromatic N) is 2. The summed E-state index contributed by atoms with van der Waals surface area (Å²) in [5.41, 5.74) is 0.576. The van der Waals surface area contributed by atoms with Gasteiger partial charge >= 0.3 is 0 Å². The summed E-state index contributed by atoms with van der Waals surface area (Å²) in [6.45, 7) is 5.86. The molecular weight excluding hydrogens is 474 g/mol. The molecule has 30 heavy (non-hydrogen) atoms. The first-order valence-electron chi connectivity index (χ1n) is 9.18. The maximum atomic E-state index is 12.6. The Morgan fingerprint density at radius 1 is 1.33 bits per heavy atom. The third-order valence-corrected chi connectivity index (χ3v) is 5.42. The zero-order valence-electron chi connectivity index (χ0n) is 16.1. The van der Waals surface area contributed by atoms with Gasteiger partial charge in [-0.2, -0.15) is 0 Å². The fourth-order valence-corrected chi connectivity index (χ4v) is 3.68. The molecule has 0 aromatic heterocycles. The average molecular weight is 494 g/mol. The lowest BCUT2D eigenvalue weighted by Gasteiger charge is -2.27. The van der Waals surface area contributed by atoms with Gasteiger partial charge in [0.1, 0.15) is 11.3 Å². The molecule has 0 spiro atoms. The standard InChI is InChI=1S/C20H20BrN3O5S/c1-2-5-24-19(27)14(18(26)22-20(24)30)10-13-3-4-16(15(21)11-13)29-12-17(25)23-6-8-28-9-7-23/h2-4,10-11H,1,5-9,12H2,(H,22,26,30). The van der Waals surface area contributed by atoms with Crippen molar-refractivity contribution < 1.29 is 23.9 Å². The Balaban J connectivity index is 1.70. The van der Waals surface area contributed by atoms with Gasteiger partial charge in [-0.15, -0.1) is 6.58 Å². The highest BCUT2D eigenvalue weighted by Crippen LogP contribution is 2.27. The molecule has 1 aromatic carbocycles. The summed E-state index contributed by atoms with van der Waals surface area (Å²) >= 11 is 8.44. The van der Waals surface area contributed by atoms with Gasteiger partial charge in [0.15, 0.2) is 11.7 Å². The van der Waals surface area contributed by atoms with Crippen LogP contribution in [0.4, 0.5) is 0 Å². The van der Waals surface area contributed by atoms with Crippen molar-refractivity contribution in [1.82, 2.24) is 15.1 Å². The van der Waals surface area contributed by atoms with Gasteiger partial charge in [0.2, 0.25) is 0 Å². The molecule has 10 heteroatoms. The molecule has 0 saturated carbocycles. The van der Waals surface area contributed by atoms with Crippen molar-refractivity contribution in [3.8, 4) is 5.75 Å². The van der Waals surface area contributed by atoms with Crippen LogP contribution in [0.25, 0.3) is 6.08 Å². The summed E-state index contributed by atoms with van der Waals surface area (Å²) in [6, 6.07) is 5.06. The van der Waals surface area contributed by atoms with E-state index in [0.29, 0.717) is 42.1 Å². The molecule has 0 unspecified atom stereocenters. The second kappa shape index (κ2) is 9.96. The minimum atomic E-state index is -0.558. The van der Waals surface area contributed by atoms with Gasteiger partial charge in [-0.25, -0.2) is 0 Å². The van der Waals surface area contributed by atoms with E-state index in [1.165, 1.54) is 17.1 Å². The number of morpholine rings is 1. The Morgan fingerprint density at radius 2 is 2.07 bits per heavy atom. The van der Waals surface area contributed by atoms with Crippen molar-refractivity contribution in [2.45, 2.75) is 0 Å². The lowest BCUT2D eigenvalue weighted by Crippen LogP contribution is -2.53. The van der Waals surface area contributed by atoms with E-state index in [-0.39, 0.29) is 29.7 Å². The summed E-state index contributed by atoms with van der Waals surface area (Å²) in [6.07, 6.45) is 3.00. The van der Waals surface area contributed by atoms with Crippen LogP contribution in [0.3, 0.4) is 0 Å². The number of amides is 3. The van der Waals surface area contributed by atoms with Crippen LogP contribution in [0.5, 0.6) is 5.75 Å². The van der Waals surface area contributed by atoms with Gasteiger partial charge in [0.25, 0.3) is 17.7 Å². The van der Waals surface area contributed by atoms with Crippen LogP contribution >= 0.6 is 28.1 Å². The molecule has 0 atom stereocenters. The Labute approximate surface area is 187 Å². The highest BCUT2D eigenvalue weighted by Gasteiger charge is 2.32. The summed E-state index contributed by atoms with van der Waals surface area (Å²) in [4.78, 5) is 40.0. The summed E-state index contributed by atoms with van der Waals surface area (Å²) in [5, 5.41) is 2.55. The molecule has 2 aliphatic rings. The number of hydrogen-bond acceptors (Lipinski definition) is 6. The largest absolute Gasteiger partial charge is 0.483 e. The Morgan fingerprint density at radius 3 is 2.73 bits per heavy atom. The molecule has 2 aliphatic heterocycles. The number of rotatable bonds is 6. The summed E-state index contributed by atoms with van der Waals surface area (Å²) in [7, 11) is 0. The monoisotopic (exact) mass is 493 g/mol. The molecule has 8 nitrogen and oxygen atoms in total. The van der Waals surface area contributed by atoms with Crippen molar-refractivity contribution in [3.63, 3.8) is 0 Å². The van der Waals surface area contributed by atoms with Gasteiger partial charge < -0.3 is 14.4 Å². The molecular formula is C20H20BrN3O5S. The fourth-order valence-electron chi connectivity index (χ4n) is 2.92. The van der Waals surface area contributed by atoms with Crippen molar-refractivity contribution in [2.75, 3.05) is 39.5 Å². The van der Waals surface area contributed by atoms with E-state index < -0.39 is 11.8 Å². The highest BCUT2D eigenvalue weighted by atomic mass is 79.9. The first kappa shape index (κ1) is 22.1. The molecule has 3 amide bonds. The van der Waals surface area contributed by atoms with Crippen LogP contribution in [-0.2, 0) is 19.1 Å². The molecule has 3 rings (SSSR count). The van der Waals surface area contributed by atoms with E-state index >= 15 is 0 Å². The van der Waals surface area contributed by atoms with E-state index in [4.69, 9.17) is 21.7 Å². The van der Waals surface area contributed by atoms with E-state index in [2.05, 4.69) is 27.8 Å². The predicted molar refractivity (Wildman–Crippen MR) is 118 cm³/mol. The topological polar surface area (TPSA) is 88.2 Å². The number of nitrogens with one attached hydrogen (secondary N) is 1. The Hall–Kier alpha value is -2.56. The molecule has 2 heterocycles. The van der Waals surface area contributed by atoms with Crippen molar-refractivity contribution >= 4 is 57.1 Å². The second-order valence-corrected chi connectivity index (χ2v) is 7.73. The molecule has 0 aliphatic carbocycles. The van der Waals surface area contributed by atoms with Gasteiger partial charge in [-0.05, 0) is 51.9 Å². The summed E-state index contributed by atoms with van der Waals surface area (Å²) < 4.78 is 11.4. The predicted octanol–water partition coefficient (Wildman–Crippen LogP) is 1.50. The number of carbonyl (C=O) groups excluding carboxylic acids is 3. The summed E-state index contributed by atoms with van der Waals surface area (Å²) in [5.74, 6) is -0.680. The molecule has 1 N–H and O–H groups in total. The fraction of sp³-hybridized carbons (Fsp3) is 0.300. The molecule has 2 fully saturated rings. The smallest absolute Gasteiger partial charge is 0.265 e. The zero-order chi connectivity index (χ0) is 21.7. The minimum absolute atomic E-state index is 0.0338.